The maximum atomic E-state index is 13.0. The Balaban J connectivity index is 1.52. The molecule has 1 aliphatic carbocycles. The van der Waals surface area contributed by atoms with E-state index in [9.17, 15) is 10.1 Å². The topological polar surface area (TPSA) is 50.1 Å². The zero-order chi connectivity index (χ0) is 20.5. The number of benzene rings is 4. The van der Waals surface area contributed by atoms with Gasteiger partial charge in [0.05, 0.1) is 0 Å². The fourth-order valence-electron chi connectivity index (χ4n) is 4.08. The summed E-state index contributed by atoms with van der Waals surface area (Å²) in [5.41, 5.74) is 4.79. The van der Waals surface area contributed by atoms with Gasteiger partial charge in [-0.2, -0.15) is 5.26 Å². The van der Waals surface area contributed by atoms with Crippen molar-refractivity contribution in [1.82, 2.24) is 0 Å². The van der Waals surface area contributed by atoms with E-state index in [-0.39, 0.29) is 5.57 Å². The molecule has 5 rings (SSSR count). The maximum Gasteiger partial charge on any atom is 0.349 e. The van der Waals surface area contributed by atoms with Gasteiger partial charge in [-0.15, -0.1) is 0 Å². The summed E-state index contributed by atoms with van der Waals surface area (Å²) in [7, 11) is 0. The van der Waals surface area contributed by atoms with E-state index in [0.717, 1.165) is 38.6 Å². The van der Waals surface area contributed by atoms with Crippen LogP contribution in [0.3, 0.4) is 0 Å². The van der Waals surface area contributed by atoms with Gasteiger partial charge in [0, 0.05) is 11.1 Å². The van der Waals surface area contributed by atoms with Gasteiger partial charge < -0.3 is 4.74 Å². The molecule has 0 N–H and O–H groups in total. The van der Waals surface area contributed by atoms with Crippen LogP contribution in [0, 0.1) is 11.3 Å². The SMILES string of the molecule is N#CC(=Cc1cccc2ccccc12)C(=O)OC1c2ccccc2-c2ccccc21. The largest absolute Gasteiger partial charge is 0.448 e. The Kier molecular flexibility index (Phi) is 4.38. The van der Waals surface area contributed by atoms with Crippen LogP contribution < -0.4 is 0 Å². The summed E-state index contributed by atoms with van der Waals surface area (Å²) in [5.74, 6) is -0.623. The van der Waals surface area contributed by atoms with E-state index in [1.54, 1.807) is 6.08 Å². The van der Waals surface area contributed by atoms with Crippen LogP contribution in [0.5, 0.6) is 0 Å². The first-order valence-electron chi connectivity index (χ1n) is 9.75. The summed E-state index contributed by atoms with van der Waals surface area (Å²) in [5, 5.41) is 11.7. The number of hydrogen-bond acceptors (Lipinski definition) is 3. The number of esters is 1. The van der Waals surface area contributed by atoms with Gasteiger partial charge in [0.2, 0.25) is 0 Å². The van der Waals surface area contributed by atoms with Crippen molar-refractivity contribution in [3.63, 3.8) is 0 Å². The molecule has 0 bridgehead atoms. The molecule has 0 heterocycles. The molecule has 0 aliphatic heterocycles. The molecule has 1 aliphatic rings. The molecule has 0 spiro atoms. The molecule has 0 atom stereocenters. The van der Waals surface area contributed by atoms with E-state index in [1.807, 2.05) is 97.1 Å². The fraction of sp³-hybridized carbons (Fsp3) is 0.0370. The van der Waals surface area contributed by atoms with Crippen LogP contribution in [-0.2, 0) is 9.53 Å². The predicted octanol–water partition coefficient (Wildman–Crippen LogP) is 6.06. The Morgan fingerprint density at radius 3 is 2.10 bits per heavy atom. The summed E-state index contributed by atoms with van der Waals surface area (Å²) in [4.78, 5) is 13.0. The van der Waals surface area contributed by atoms with Crippen LogP contribution in [-0.4, -0.2) is 5.97 Å². The van der Waals surface area contributed by atoms with Crippen LogP contribution in [0.1, 0.15) is 22.8 Å². The molecule has 0 fully saturated rings. The summed E-state index contributed by atoms with van der Waals surface area (Å²) in [6.07, 6.45) is 1.09. The highest BCUT2D eigenvalue weighted by Gasteiger charge is 2.31. The fourth-order valence-corrected chi connectivity index (χ4v) is 4.08. The monoisotopic (exact) mass is 387 g/mol. The normalized spacial score (nSPS) is 12.8. The third kappa shape index (κ3) is 2.96. The van der Waals surface area contributed by atoms with Gasteiger partial charge in [-0.3, -0.25) is 0 Å². The minimum absolute atomic E-state index is 0.0202. The molecule has 4 aromatic rings. The first-order chi connectivity index (χ1) is 14.8. The summed E-state index contributed by atoms with van der Waals surface area (Å²) >= 11 is 0. The minimum atomic E-state index is -0.623. The smallest absolute Gasteiger partial charge is 0.349 e. The van der Waals surface area contributed by atoms with Crippen LogP contribution in [0.4, 0.5) is 0 Å². The zero-order valence-electron chi connectivity index (χ0n) is 16.1. The molecule has 0 saturated carbocycles. The van der Waals surface area contributed by atoms with Crippen LogP contribution in [0.25, 0.3) is 28.0 Å². The highest BCUT2D eigenvalue weighted by Crippen LogP contribution is 2.45. The van der Waals surface area contributed by atoms with Gasteiger partial charge in [0.1, 0.15) is 11.6 Å². The molecular weight excluding hydrogens is 370 g/mol. The minimum Gasteiger partial charge on any atom is -0.448 e. The first-order valence-corrected chi connectivity index (χ1v) is 9.75. The molecule has 30 heavy (non-hydrogen) atoms. The lowest BCUT2D eigenvalue weighted by molar-refractivity contribution is -0.142. The van der Waals surface area contributed by atoms with Gasteiger partial charge in [-0.05, 0) is 33.5 Å². The van der Waals surface area contributed by atoms with E-state index in [4.69, 9.17) is 4.74 Å². The van der Waals surface area contributed by atoms with Gasteiger partial charge in [0.25, 0.3) is 0 Å². The van der Waals surface area contributed by atoms with Crippen molar-refractivity contribution >= 4 is 22.8 Å². The lowest BCUT2D eigenvalue weighted by Crippen LogP contribution is -2.12. The number of rotatable bonds is 3. The molecule has 4 aromatic carbocycles. The Hall–Kier alpha value is -4.16. The molecular formula is C27H17NO2. The van der Waals surface area contributed by atoms with Gasteiger partial charge >= 0.3 is 5.97 Å². The number of hydrogen-bond donors (Lipinski definition) is 0. The van der Waals surface area contributed by atoms with Crippen LogP contribution in [0.2, 0.25) is 0 Å². The maximum absolute atomic E-state index is 13.0. The van der Waals surface area contributed by atoms with Crippen molar-refractivity contribution in [1.29, 1.82) is 5.26 Å². The molecule has 0 radical (unpaired) electrons. The first kappa shape index (κ1) is 17.9. The highest BCUT2D eigenvalue weighted by molar-refractivity contribution is 6.01. The van der Waals surface area contributed by atoms with E-state index >= 15 is 0 Å². The summed E-state index contributed by atoms with van der Waals surface area (Å²) in [6.45, 7) is 0. The van der Waals surface area contributed by atoms with E-state index < -0.39 is 12.1 Å². The van der Waals surface area contributed by atoms with E-state index in [0.29, 0.717) is 0 Å². The van der Waals surface area contributed by atoms with Crippen molar-refractivity contribution < 1.29 is 9.53 Å². The predicted molar refractivity (Wildman–Crippen MR) is 117 cm³/mol. The third-order valence-electron chi connectivity index (χ3n) is 5.47. The van der Waals surface area contributed by atoms with E-state index in [2.05, 4.69) is 0 Å². The number of nitriles is 1. The molecule has 0 saturated heterocycles. The zero-order valence-corrected chi connectivity index (χ0v) is 16.1. The van der Waals surface area contributed by atoms with Crippen LogP contribution in [0.15, 0.2) is 96.6 Å². The lowest BCUT2D eigenvalue weighted by atomic mass is 10.0. The van der Waals surface area contributed by atoms with Gasteiger partial charge in [-0.25, -0.2) is 4.79 Å². The molecule has 3 nitrogen and oxygen atoms in total. The third-order valence-corrected chi connectivity index (χ3v) is 5.47. The van der Waals surface area contributed by atoms with Crippen molar-refractivity contribution in [3.8, 4) is 17.2 Å². The quantitative estimate of drug-likeness (QED) is 0.244. The average molecular weight is 387 g/mol. The second-order valence-corrected chi connectivity index (χ2v) is 7.20. The number of fused-ring (bicyclic) bond motifs is 4. The van der Waals surface area contributed by atoms with Crippen molar-refractivity contribution in [2.24, 2.45) is 0 Å². The number of nitrogens with zero attached hydrogens (tertiary/aromatic N) is 1. The summed E-state index contributed by atoms with van der Waals surface area (Å²) in [6, 6.07) is 31.5. The van der Waals surface area contributed by atoms with E-state index in [1.165, 1.54) is 0 Å². The average Bonchev–Trinajstić information content (AvgIpc) is 3.11. The van der Waals surface area contributed by atoms with Crippen molar-refractivity contribution in [3.05, 3.63) is 113 Å². The Morgan fingerprint density at radius 1 is 0.800 bits per heavy atom. The standard InChI is InChI=1S/C27H17NO2/c28-17-20(16-19-10-7-9-18-8-1-2-11-21(18)19)27(29)30-26-24-14-5-3-12-22(24)23-13-4-6-15-25(23)26/h1-16,26H. The van der Waals surface area contributed by atoms with Gasteiger partial charge in [0.15, 0.2) is 6.10 Å². The van der Waals surface area contributed by atoms with Crippen molar-refractivity contribution in [2.75, 3.05) is 0 Å². The molecule has 0 aromatic heterocycles. The van der Waals surface area contributed by atoms with Crippen molar-refractivity contribution in [2.45, 2.75) is 6.10 Å². The highest BCUT2D eigenvalue weighted by atomic mass is 16.5. The second-order valence-electron chi connectivity index (χ2n) is 7.20. The number of carbonyl (C=O) groups excluding carboxylic acids is 1. The Bertz CT molecular complexity index is 1310. The van der Waals surface area contributed by atoms with Crippen LogP contribution >= 0.6 is 0 Å². The molecule has 0 amide bonds. The Labute approximate surface area is 174 Å². The Morgan fingerprint density at radius 2 is 1.40 bits per heavy atom. The molecule has 0 unspecified atom stereocenters. The number of carbonyl (C=O) groups is 1. The molecule has 142 valence electrons. The molecule has 3 heteroatoms. The second kappa shape index (κ2) is 7.35. The summed E-state index contributed by atoms with van der Waals surface area (Å²) < 4.78 is 5.87. The van der Waals surface area contributed by atoms with Gasteiger partial charge in [-0.1, -0.05) is 91.0 Å². The lowest BCUT2D eigenvalue weighted by Gasteiger charge is -2.15. The number of ether oxygens (including phenoxy) is 1.